The second kappa shape index (κ2) is 7.80. The van der Waals surface area contributed by atoms with Crippen molar-refractivity contribution < 1.29 is 14.3 Å². The van der Waals surface area contributed by atoms with Gasteiger partial charge in [0.2, 0.25) is 0 Å². The van der Waals surface area contributed by atoms with Crippen LogP contribution in [0.3, 0.4) is 0 Å². The number of carbonyl (C=O) groups excluding carboxylic acids is 2. The number of terminal acetylenes is 1. The number of rotatable bonds is 6. The number of ether oxygens (including phenoxy) is 1. The first-order valence-corrected chi connectivity index (χ1v) is 7.15. The van der Waals surface area contributed by atoms with E-state index in [0.29, 0.717) is 11.1 Å². The van der Waals surface area contributed by atoms with Gasteiger partial charge in [-0.1, -0.05) is 5.92 Å². The minimum absolute atomic E-state index is 0.241. The molecule has 0 bridgehead atoms. The maximum atomic E-state index is 12.3. The molecule has 0 radical (unpaired) electrons. The summed E-state index contributed by atoms with van der Waals surface area (Å²) in [5, 5.41) is 2.68. The second-order valence-corrected chi connectivity index (χ2v) is 4.78. The van der Waals surface area contributed by atoms with Crippen molar-refractivity contribution in [2.45, 2.75) is 19.4 Å². The third-order valence-electron chi connectivity index (χ3n) is 3.17. The normalized spacial score (nSPS) is 11.3. The zero-order chi connectivity index (χ0) is 16.7. The summed E-state index contributed by atoms with van der Waals surface area (Å²) in [6.07, 6.45) is 8.66. The van der Waals surface area contributed by atoms with Crippen LogP contribution >= 0.6 is 0 Å². The summed E-state index contributed by atoms with van der Waals surface area (Å²) < 4.78 is 5.01. The van der Waals surface area contributed by atoms with E-state index in [9.17, 15) is 9.59 Å². The van der Waals surface area contributed by atoms with E-state index in [1.165, 1.54) is 6.33 Å². The SMILES string of the molecule is C#Cc1ccc(C(=O)N[C@H](Cc2cnc[nH]2)C(=O)OCC)cc1. The van der Waals surface area contributed by atoms with Gasteiger partial charge in [0, 0.05) is 29.4 Å². The van der Waals surface area contributed by atoms with E-state index in [2.05, 4.69) is 21.2 Å². The van der Waals surface area contributed by atoms with Crippen molar-refractivity contribution in [3.05, 3.63) is 53.6 Å². The number of nitrogens with one attached hydrogen (secondary N) is 2. The van der Waals surface area contributed by atoms with E-state index in [0.717, 1.165) is 5.69 Å². The number of H-pyrrole nitrogens is 1. The van der Waals surface area contributed by atoms with E-state index in [-0.39, 0.29) is 18.9 Å². The topological polar surface area (TPSA) is 84.1 Å². The molecule has 23 heavy (non-hydrogen) atoms. The first-order chi connectivity index (χ1) is 11.1. The molecule has 1 aromatic heterocycles. The first-order valence-electron chi connectivity index (χ1n) is 7.15. The van der Waals surface area contributed by atoms with E-state index < -0.39 is 12.0 Å². The van der Waals surface area contributed by atoms with Gasteiger partial charge in [0.05, 0.1) is 12.9 Å². The molecule has 2 N–H and O–H groups in total. The molecule has 6 nitrogen and oxygen atoms in total. The number of aromatic nitrogens is 2. The first kappa shape index (κ1) is 16.3. The molecule has 1 aromatic carbocycles. The van der Waals surface area contributed by atoms with Crippen LogP contribution in [0.2, 0.25) is 0 Å². The molecule has 118 valence electrons. The molecule has 0 saturated heterocycles. The Morgan fingerprint density at radius 2 is 2.13 bits per heavy atom. The average molecular weight is 311 g/mol. The number of benzene rings is 1. The Morgan fingerprint density at radius 3 is 2.70 bits per heavy atom. The Hall–Kier alpha value is -3.07. The standard InChI is InChI=1S/C17H17N3O3/c1-3-12-5-7-13(8-6-12)16(21)20-15(17(22)23-4-2)9-14-10-18-11-19-14/h1,5-8,10-11,15H,4,9H2,2H3,(H,18,19)(H,20,21)/t15-/m1/s1. The van der Waals surface area contributed by atoms with Crippen LogP contribution in [0.15, 0.2) is 36.8 Å². The minimum Gasteiger partial charge on any atom is -0.464 e. The van der Waals surface area contributed by atoms with Gasteiger partial charge in [-0.25, -0.2) is 9.78 Å². The number of hydrogen-bond donors (Lipinski definition) is 2. The number of imidazole rings is 1. The van der Waals surface area contributed by atoms with Crippen LogP contribution in [-0.4, -0.2) is 34.5 Å². The van der Waals surface area contributed by atoms with Crippen LogP contribution in [0.1, 0.15) is 28.5 Å². The Morgan fingerprint density at radius 1 is 1.39 bits per heavy atom. The Labute approximate surface area is 134 Å². The Kier molecular flexibility index (Phi) is 5.53. The number of aromatic amines is 1. The van der Waals surface area contributed by atoms with Crippen LogP contribution in [0.25, 0.3) is 0 Å². The van der Waals surface area contributed by atoms with Gasteiger partial charge in [-0.3, -0.25) is 4.79 Å². The molecule has 0 aliphatic rings. The fourth-order valence-corrected chi connectivity index (χ4v) is 2.01. The van der Waals surface area contributed by atoms with Crippen molar-refractivity contribution in [3.63, 3.8) is 0 Å². The van der Waals surface area contributed by atoms with Crippen molar-refractivity contribution in [1.29, 1.82) is 0 Å². The Bertz CT molecular complexity index is 700. The van der Waals surface area contributed by atoms with Gasteiger partial charge in [-0.15, -0.1) is 6.42 Å². The van der Waals surface area contributed by atoms with Gasteiger partial charge in [-0.2, -0.15) is 0 Å². The number of nitrogens with zero attached hydrogens (tertiary/aromatic N) is 1. The summed E-state index contributed by atoms with van der Waals surface area (Å²) in [5.41, 5.74) is 1.83. The molecule has 0 unspecified atom stereocenters. The number of hydrogen-bond acceptors (Lipinski definition) is 4. The lowest BCUT2D eigenvalue weighted by Crippen LogP contribution is -2.43. The molecule has 1 heterocycles. The fraction of sp³-hybridized carbons (Fsp3) is 0.235. The fourth-order valence-electron chi connectivity index (χ4n) is 2.01. The molecule has 1 atom stereocenters. The van der Waals surface area contributed by atoms with Crippen molar-refractivity contribution in [3.8, 4) is 12.3 Å². The summed E-state index contributed by atoms with van der Waals surface area (Å²) in [6, 6.07) is 5.77. The van der Waals surface area contributed by atoms with Gasteiger partial charge in [0.25, 0.3) is 5.91 Å². The third-order valence-corrected chi connectivity index (χ3v) is 3.17. The van der Waals surface area contributed by atoms with E-state index in [1.54, 1.807) is 37.4 Å². The zero-order valence-corrected chi connectivity index (χ0v) is 12.7. The quantitative estimate of drug-likeness (QED) is 0.622. The minimum atomic E-state index is -0.796. The Balaban J connectivity index is 2.10. The zero-order valence-electron chi connectivity index (χ0n) is 12.7. The highest BCUT2D eigenvalue weighted by Gasteiger charge is 2.23. The summed E-state index contributed by atoms with van der Waals surface area (Å²) in [5.74, 6) is 1.62. The van der Waals surface area contributed by atoms with Crippen LogP contribution in [-0.2, 0) is 16.0 Å². The third kappa shape index (κ3) is 4.45. The largest absolute Gasteiger partial charge is 0.464 e. The van der Waals surface area contributed by atoms with Crippen LogP contribution in [0, 0.1) is 12.3 Å². The molecular weight excluding hydrogens is 294 g/mol. The number of carbonyl (C=O) groups is 2. The highest BCUT2D eigenvalue weighted by atomic mass is 16.5. The van der Waals surface area contributed by atoms with Gasteiger partial charge in [-0.05, 0) is 31.2 Å². The van der Waals surface area contributed by atoms with Crippen LogP contribution in [0.5, 0.6) is 0 Å². The smallest absolute Gasteiger partial charge is 0.329 e. The van der Waals surface area contributed by atoms with Crippen molar-refractivity contribution in [2.75, 3.05) is 6.61 Å². The number of amides is 1. The number of esters is 1. The molecule has 0 fully saturated rings. The average Bonchev–Trinajstić information content (AvgIpc) is 3.07. The molecule has 0 aliphatic carbocycles. The summed E-state index contributed by atoms with van der Waals surface area (Å²) in [4.78, 5) is 31.1. The molecule has 6 heteroatoms. The highest BCUT2D eigenvalue weighted by Crippen LogP contribution is 2.06. The van der Waals surface area contributed by atoms with E-state index >= 15 is 0 Å². The molecule has 0 aliphatic heterocycles. The second-order valence-electron chi connectivity index (χ2n) is 4.78. The molecule has 2 rings (SSSR count). The van der Waals surface area contributed by atoms with Gasteiger partial charge in [0.1, 0.15) is 6.04 Å². The van der Waals surface area contributed by atoms with Crippen molar-refractivity contribution in [1.82, 2.24) is 15.3 Å². The highest BCUT2D eigenvalue weighted by molar-refractivity contribution is 5.96. The lowest BCUT2D eigenvalue weighted by atomic mass is 10.1. The van der Waals surface area contributed by atoms with Crippen LogP contribution < -0.4 is 5.32 Å². The molecule has 1 amide bonds. The van der Waals surface area contributed by atoms with Crippen molar-refractivity contribution in [2.24, 2.45) is 0 Å². The van der Waals surface area contributed by atoms with Gasteiger partial charge in [0.15, 0.2) is 0 Å². The predicted molar refractivity (Wildman–Crippen MR) is 84.6 cm³/mol. The van der Waals surface area contributed by atoms with E-state index in [1.807, 2.05) is 0 Å². The monoisotopic (exact) mass is 311 g/mol. The lowest BCUT2D eigenvalue weighted by Gasteiger charge is -2.16. The van der Waals surface area contributed by atoms with E-state index in [4.69, 9.17) is 11.2 Å². The van der Waals surface area contributed by atoms with Gasteiger partial charge < -0.3 is 15.0 Å². The lowest BCUT2D eigenvalue weighted by molar-refractivity contribution is -0.145. The maximum Gasteiger partial charge on any atom is 0.329 e. The predicted octanol–water partition coefficient (Wildman–Crippen LogP) is 1.30. The summed E-state index contributed by atoms with van der Waals surface area (Å²) in [7, 11) is 0. The molecular formula is C17H17N3O3. The molecule has 2 aromatic rings. The van der Waals surface area contributed by atoms with Gasteiger partial charge >= 0.3 is 5.97 Å². The molecule has 0 saturated carbocycles. The van der Waals surface area contributed by atoms with Crippen LogP contribution in [0.4, 0.5) is 0 Å². The summed E-state index contributed by atoms with van der Waals surface area (Å²) >= 11 is 0. The van der Waals surface area contributed by atoms with Crippen molar-refractivity contribution >= 4 is 11.9 Å². The summed E-state index contributed by atoms with van der Waals surface area (Å²) in [6.45, 7) is 1.95. The molecule has 0 spiro atoms. The maximum absolute atomic E-state index is 12.3.